The lowest BCUT2D eigenvalue weighted by Gasteiger charge is -2.18. The van der Waals surface area contributed by atoms with E-state index < -0.39 is 0 Å². The summed E-state index contributed by atoms with van der Waals surface area (Å²) in [6.45, 7) is 7.02. The molecule has 108 valence electrons. The fourth-order valence-electron chi connectivity index (χ4n) is 1.75. The summed E-state index contributed by atoms with van der Waals surface area (Å²) < 4.78 is 1.69. The van der Waals surface area contributed by atoms with Crippen LogP contribution in [0, 0.1) is 0 Å². The number of hydrogen-bond donors (Lipinski definition) is 2. The summed E-state index contributed by atoms with van der Waals surface area (Å²) in [4.78, 5) is 13.5. The molecule has 1 aromatic heterocycles. The maximum absolute atomic E-state index is 11.7. The van der Waals surface area contributed by atoms with E-state index in [4.69, 9.17) is 5.11 Å². The second-order valence-corrected chi connectivity index (χ2v) is 4.22. The van der Waals surface area contributed by atoms with Crippen molar-refractivity contribution in [3.8, 4) is 0 Å². The number of aromatic nitrogens is 3. The molecule has 1 rings (SSSR count). The van der Waals surface area contributed by atoms with Crippen LogP contribution in [0.3, 0.4) is 0 Å². The van der Waals surface area contributed by atoms with Crippen molar-refractivity contribution in [1.82, 2.24) is 25.2 Å². The van der Waals surface area contributed by atoms with E-state index in [-0.39, 0.29) is 12.5 Å². The van der Waals surface area contributed by atoms with Crippen LogP contribution in [-0.4, -0.2) is 57.1 Å². The molecule has 0 aliphatic heterocycles. The number of hydrogen-bond acceptors (Lipinski definition) is 5. The molecular formula is C12H23N5O2. The van der Waals surface area contributed by atoms with Crippen LogP contribution in [0.5, 0.6) is 0 Å². The van der Waals surface area contributed by atoms with E-state index in [1.54, 1.807) is 9.58 Å². The monoisotopic (exact) mass is 269 g/mol. The van der Waals surface area contributed by atoms with Crippen molar-refractivity contribution in [3.63, 3.8) is 0 Å². The highest BCUT2D eigenvalue weighted by molar-refractivity contribution is 5.78. The lowest BCUT2D eigenvalue weighted by Crippen LogP contribution is -2.37. The number of likely N-dealkylation sites (N-methyl/N-ethyl adjacent to an activating group) is 1. The highest BCUT2D eigenvalue weighted by Crippen LogP contribution is 1.94. The van der Waals surface area contributed by atoms with E-state index >= 15 is 0 Å². The Hall–Kier alpha value is -1.47. The maximum atomic E-state index is 11.7. The van der Waals surface area contributed by atoms with Crippen LogP contribution in [-0.2, 0) is 17.9 Å². The quantitative estimate of drug-likeness (QED) is 0.638. The van der Waals surface area contributed by atoms with Crippen LogP contribution in [0.2, 0.25) is 0 Å². The van der Waals surface area contributed by atoms with Crippen LogP contribution < -0.4 is 5.32 Å². The van der Waals surface area contributed by atoms with Crippen LogP contribution in [0.1, 0.15) is 26.0 Å². The molecule has 2 N–H and O–H groups in total. The van der Waals surface area contributed by atoms with Gasteiger partial charge < -0.3 is 15.3 Å². The first-order valence-electron chi connectivity index (χ1n) is 6.69. The van der Waals surface area contributed by atoms with Crippen molar-refractivity contribution in [1.29, 1.82) is 0 Å². The molecule has 0 bridgehead atoms. The maximum Gasteiger partial charge on any atom is 0.236 e. The first kappa shape index (κ1) is 15.6. The van der Waals surface area contributed by atoms with E-state index in [0.717, 1.165) is 18.8 Å². The standard InChI is InChI=1S/C12H23N5O2/c1-3-16(4-2)12(19)9-13-8-11-10-17(15-14-11)6-5-7-18/h10,13,18H,3-9H2,1-2H3. The van der Waals surface area contributed by atoms with Crippen LogP contribution >= 0.6 is 0 Å². The summed E-state index contributed by atoms with van der Waals surface area (Å²) in [6, 6.07) is 0. The molecule has 0 radical (unpaired) electrons. The van der Waals surface area contributed by atoms with Gasteiger partial charge >= 0.3 is 0 Å². The molecule has 0 aliphatic rings. The Labute approximate surface area is 113 Å². The Kier molecular flexibility index (Phi) is 7.06. The van der Waals surface area contributed by atoms with Gasteiger partial charge in [0.15, 0.2) is 0 Å². The van der Waals surface area contributed by atoms with E-state index in [9.17, 15) is 4.79 Å². The normalized spacial score (nSPS) is 10.7. The van der Waals surface area contributed by atoms with Gasteiger partial charge in [-0.15, -0.1) is 5.10 Å². The van der Waals surface area contributed by atoms with Crippen molar-refractivity contribution in [3.05, 3.63) is 11.9 Å². The molecular weight excluding hydrogens is 246 g/mol. The van der Waals surface area contributed by atoms with Crippen molar-refractivity contribution >= 4 is 5.91 Å². The number of nitrogens with one attached hydrogen (secondary N) is 1. The molecule has 1 aromatic rings. The molecule has 0 saturated heterocycles. The van der Waals surface area contributed by atoms with Gasteiger partial charge in [-0.25, -0.2) is 0 Å². The van der Waals surface area contributed by atoms with Crippen molar-refractivity contribution < 1.29 is 9.90 Å². The van der Waals surface area contributed by atoms with E-state index in [1.165, 1.54) is 0 Å². The van der Waals surface area contributed by atoms with E-state index in [0.29, 0.717) is 26.1 Å². The minimum absolute atomic E-state index is 0.0951. The first-order chi connectivity index (χ1) is 9.21. The predicted molar refractivity (Wildman–Crippen MR) is 71.4 cm³/mol. The number of aliphatic hydroxyl groups excluding tert-OH is 1. The topological polar surface area (TPSA) is 83.3 Å². The lowest BCUT2D eigenvalue weighted by atomic mass is 10.4. The van der Waals surface area contributed by atoms with Crippen LogP contribution in [0.15, 0.2) is 6.20 Å². The highest BCUT2D eigenvalue weighted by Gasteiger charge is 2.09. The van der Waals surface area contributed by atoms with Gasteiger partial charge in [-0.2, -0.15) is 0 Å². The number of aliphatic hydroxyl groups is 1. The fourth-order valence-corrected chi connectivity index (χ4v) is 1.75. The largest absolute Gasteiger partial charge is 0.396 e. The molecule has 19 heavy (non-hydrogen) atoms. The van der Waals surface area contributed by atoms with Gasteiger partial charge in [0.2, 0.25) is 5.91 Å². The van der Waals surface area contributed by atoms with Crippen molar-refractivity contribution in [2.45, 2.75) is 33.4 Å². The third-order valence-corrected chi connectivity index (χ3v) is 2.83. The van der Waals surface area contributed by atoms with Gasteiger partial charge in [0, 0.05) is 39.0 Å². The SMILES string of the molecule is CCN(CC)C(=O)CNCc1cn(CCCO)nn1. The lowest BCUT2D eigenvalue weighted by molar-refractivity contribution is -0.129. The number of carbonyl (C=O) groups excluding carboxylic acids is 1. The number of nitrogens with zero attached hydrogens (tertiary/aromatic N) is 4. The summed E-state index contributed by atoms with van der Waals surface area (Å²) in [5, 5.41) is 19.7. The first-order valence-corrected chi connectivity index (χ1v) is 6.69. The Bertz CT molecular complexity index is 376. The van der Waals surface area contributed by atoms with Crippen LogP contribution in [0.25, 0.3) is 0 Å². The molecule has 0 unspecified atom stereocenters. The number of rotatable bonds is 9. The smallest absolute Gasteiger partial charge is 0.236 e. The zero-order valence-corrected chi connectivity index (χ0v) is 11.7. The Morgan fingerprint density at radius 1 is 1.47 bits per heavy atom. The number of amides is 1. The molecule has 1 heterocycles. The highest BCUT2D eigenvalue weighted by atomic mass is 16.3. The summed E-state index contributed by atoms with van der Waals surface area (Å²) in [5.41, 5.74) is 0.797. The molecule has 0 atom stereocenters. The third kappa shape index (κ3) is 5.35. The molecule has 0 fully saturated rings. The molecule has 0 saturated carbocycles. The van der Waals surface area contributed by atoms with Crippen molar-refractivity contribution in [2.24, 2.45) is 0 Å². The zero-order chi connectivity index (χ0) is 14.1. The van der Waals surface area contributed by atoms with Gasteiger partial charge in [-0.3, -0.25) is 9.48 Å². The van der Waals surface area contributed by atoms with E-state index in [1.807, 2.05) is 20.0 Å². The molecule has 7 nitrogen and oxygen atoms in total. The molecule has 0 aliphatic carbocycles. The average Bonchev–Trinajstić information content (AvgIpc) is 2.85. The molecule has 7 heteroatoms. The van der Waals surface area contributed by atoms with Crippen LogP contribution in [0.4, 0.5) is 0 Å². The summed E-state index contributed by atoms with van der Waals surface area (Å²) in [6.07, 6.45) is 2.49. The summed E-state index contributed by atoms with van der Waals surface area (Å²) in [7, 11) is 0. The second kappa shape index (κ2) is 8.60. The minimum Gasteiger partial charge on any atom is -0.396 e. The Morgan fingerprint density at radius 2 is 2.21 bits per heavy atom. The second-order valence-electron chi connectivity index (χ2n) is 4.22. The Balaban J connectivity index is 2.29. The molecule has 0 aromatic carbocycles. The van der Waals surface area contributed by atoms with Gasteiger partial charge in [-0.05, 0) is 20.3 Å². The number of aryl methyl sites for hydroxylation is 1. The van der Waals surface area contributed by atoms with Crippen molar-refractivity contribution in [2.75, 3.05) is 26.2 Å². The van der Waals surface area contributed by atoms with Gasteiger partial charge in [0.25, 0.3) is 0 Å². The third-order valence-electron chi connectivity index (χ3n) is 2.83. The van der Waals surface area contributed by atoms with Gasteiger partial charge in [0.1, 0.15) is 0 Å². The predicted octanol–water partition coefficient (Wildman–Crippen LogP) is -0.381. The van der Waals surface area contributed by atoms with Gasteiger partial charge in [-0.1, -0.05) is 5.21 Å². The van der Waals surface area contributed by atoms with E-state index in [2.05, 4.69) is 15.6 Å². The summed E-state index contributed by atoms with van der Waals surface area (Å²) >= 11 is 0. The fraction of sp³-hybridized carbons (Fsp3) is 0.750. The molecule has 0 spiro atoms. The minimum atomic E-state index is 0.0951. The Morgan fingerprint density at radius 3 is 2.84 bits per heavy atom. The number of carbonyl (C=O) groups is 1. The van der Waals surface area contributed by atoms with Gasteiger partial charge in [0.05, 0.1) is 12.2 Å². The zero-order valence-electron chi connectivity index (χ0n) is 11.7. The average molecular weight is 269 g/mol. The molecule has 1 amide bonds. The summed E-state index contributed by atoms with van der Waals surface area (Å²) in [5.74, 6) is 0.0951.